The molecule has 0 aliphatic carbocycles. The standard InChI is InChI=1S/C36H34F6N10O3/c1-2-5-27(31(53)46-20-23-8-10-25(11-9-23)34(50-51-34)36(40,41)42)47-33(54)55-19-14-22-12-17-52(18-13-22)32-48-29-26(7-4-16-44-29)30(49-32)45-21-24-6-3-15-43-28(24)35(37,38)39/h1,3-4,6-11,15-16,22,27H,5,12-14,17-21H2,(H,46,53)(H,47,54)(H,44,45,48,49). The Labute approximate surface area is 310 Å². The summed E-state index contributed by atoms with van der Waals surface area (Å²) in [6.45, 7) is 1.00. The molecule has 4 aromatic rings. The van der Waals surface area contributed by atoms with E-state index in [1.165, 1.54) is 36.4 Å². The summed E-state index contributed by atoms with van der Waals surface area (Å²) in [4.78, 5) is 44.4. The van der Waals surface area contributed by atoms with Crippen molar-refractivity contribution in [3.63, 3.8) is 0 Å². The molecule has 19 heteroatoms. The Hall–Kier alpha value is -6.06. The van der Waals surface area contributed by atoms with Gasteiger partial charge in [-0.2, -0.15) is 36.3 Å². The minimum atomic E-state index is -4.65. The molecule has 5 heterocycles. The maximum Gasteiger partial charge on any atom is 0.442 e. The van der Waals surface area contributed by atoms with Gasteiger partial charge in [-0.05, 0) is 48.9 Å². The molecule has 0 bridgehead atoms. The lowest BCUT2D eigenvalue weighted by molar-refractivity contribution is -0.166. The number of rotatable bonds is 13. The predicted octanol–water partition coefficient (Wildman–Crippen LogP) is 6.27. The zero-order valence-electron chi connectivity index (χ0n) is 29.0. The fraction of sp³-hybridized carbons (Fsp3) is 0.389. The van der Waals surface area contributed by atoms with Crippen molar-refractivity contribution in [1.82, 2.24) is 30.6 Å². The van der Waals surface area contributed by atoms with E-state index in [-0.39, 0.29) is 43.2 Å². The number of alkyl halides is 6. The molecule has 0 radical (unpaired) electrons. The van der Waals surface area contributed by atoms with Crippen LogP contribution < -0.4 is 20.9 Å². The molecule has 0 spiro atoms. The molecule has 2 aliphatic rings. The van der Waals surface area contributed by atoms with Crippen LogP contribution in [-0.2, 0) is 34.5 Å². The van der Waals surface area contributed by atoms with E-state index < -0.39 is 41.8 Å². The van der Waals surface area contributed by atoms with Crippen molar-refractivity contribution in [2.24, 2.45) is 16.1 Å². The van der Waals surface area contributed by atoms with Gasteiger partial charge in [0, 0.05) is 56.1 Å². The first-order chi connectivity index (χ1) is 26.3. The number of terminal acetylenes is 1. The van der Waals surface area contributed by atoms with Crippen molar-refractivity contribution in [2.75, 3.05) is 29.9 Å². The van der Waals surface area contributed by atoms with E-state index in [1.54, 1.807) is 18.3 Å². The topological polar surface area (TPSA) is 159 Å². The quantitative estimate of drug-likeness (QED) is 0.105. The Morgan fingerprint density at radius 1 is 0.964 bits per heavy atom. The zero-order valence-corrected chi connectivity index (χ0v) is 29.0. The van der Waals surface area contributed by atoms with E-state index in [4.69, 9.17) is 11.2 Å². The van der Waals surface area contributed by atoms with Gasteiger partial charge in [-0.3, -0.25) is 9.78 Å². The van der Waals surface area contributed by atoms with Crippen LogP contribution in [0, 0.1) is 18.3 Å². The summed E-state index contributed by atoms with van der Waals surface area (Å²) in [5.41, 5.74) is -2.80. The summed E-state index contributed by atoms with van der Waals surface area (Å²) in [6.07, 6.45) is -0.193. The van der Waals surface area contributed by atoms with Crippen molar-refractivity contribution < 1.29 is 40.7 Å². The third kappa shape index (κ3) is 9.19. The van der Waals surface area contributed by atoms with Crippen LogP contribution in [0.3, 0.4) is 0 Å². The molecule has 3 N–H and O–H groups in total. The van der Waals surface area contributed by atoms with Gasteiger partial charge < -0.3 is 25.6 Å². The first-order valence-corrected chi connectivity index (χ1v) is 17.1. The Morgan fingerprint density at radius 3 is 2.35 bits per heavy atom. The lowest BCUT2D eigenvalue weighted by Gasteiger charge is -2.32. The number of ether oxygens (including phenoxy) is 1. The molecule has 6 rings (SSSR count). The van der Waals surface area contributed by atoms with E-state index >= 15 is 0 Å². The number of nitrogens with one attached hydrogen (secondary N) is 3. The number of hydrogen-bond acceptors (Lipinski definition) is 11. The third-order valence-corrected chi connectivity index (χ3v) is 9.17. The molecule has 2 aliphatic heterocycles. The molecule has 1 fully saturated rings. The third-order valence-electron chi connectivity index (χ3n) is 9.17. The van der Waals surface area contributed by atoms with Crippen molar-refractivity contribution >= 4 is 34.8 Å². The highest BCUT2D eigenvalue weighted by molar-refractivity contribution is 5.87. The average Bonchev–Trinajstić information content (AvgIpc) is 3.99. The van der Waals surface area contributed by atoms with E-state index in [0.29, 0.717) is 60.7 Å². The molecule has 0 saturated carbocycles. The van der Waals surface area contributed by atoms with Gasteiger partial charge in [0.25, 0.3) is 0 Å². The summed E-state index contributed by atoms with van der Waals surface area (Å²) >= 11 is 0. The van der Waals surface area contributed by atoms with Gasteiger partial charge in [0.2, 0.25) is 11.9 Å². The monoisotopic (exact) mass is 768 g/mol. The Morgan fingerprint density at radius 2 is 1.67 bits per heavy atom. The molecule has 55 heavy (non-hydrogen) atoms. The van der Waals surface area contributed by atoms with Crippen molar-refractivity contribution in [1.29, 1.82) is 0 Å². The Balaban J connectivity index is 0.961. The molecular formula is C36H34F6N10O3. The zero-order chi connectivity index (χ0) is 39.2. The smallest absolute Gasteiger partial charge is 0.442 e. The second-order valence-corrected chi connectivity index (χ2v) is 12.9. The molecule has 1 atom stereocenters. The van der Waals surface area contributed by atoms with Crippen LogP contribution in [0.2, 0.25) is 0 Å². The predicted molar refractivity (Wildman–Crippen MR) is 186 cm³/mol. The molecular weight excluding hydrogens is 734 g/mol. The second kappa shape index (κ2) is 16.1. The largest absolute Gasteiger partial charge is 0.450 e. The minimum absolute atomic E-state index is 0.0320. The number of nitrogens with zero attached hydrogens (tertiary/aromatic N) is 7. The number of aromatic nitrogens is 4. The van der Waals surface area contributed by atoms with Crippen molar-refractivity contribution in [2.45, 2.75) is 62.8 Å². The lowest BCUT2D eigenvalue weighted by atomic mass is 9.94. The highest BCUT2D eigenvalue weighted by atomic mass is 19.4. The lowest BCUT2D eigenvalue weighted by Crippen LogP contribution is -2.46. The van der Waals surface area contributed by atoms with Gasteiger partial charge in [0.05, 0.1) is 12.0 Å². The molecule has 288 valence electrons. The number of alkyl carbamates (subject to hydrolysis) is 1. The molecule has 1 unspecified atom stereocenters. The maximum absolute atomic E-state index is 13.5. The van der Waals surface area contributed by atoms with Crippen LogP contribution >= 0.6 is 0 Å². The summed E-state index contributed by atoms with van der Waals surface area (Å²) in [7, 11) is 0. The number of hydrogen-bond donors (Lipinski definition) is 3. The number of carbonyl (C=O) groups is 2. The number of benzene rings is 1. The first kappa shape index (κ1) is 38.7. The van der Waals surface area contributed by atoms with Gasteiger partial charge in [-0.1, -0.05) is 30.3 Å². The van der Waals surface area contributed by atoms with E-state index in [0.717, 1.165) is 6.20 Å². The number of pyridine rings is 2. The highest BCUT2D eigenvalue weighted by Crippen LogP contribution is 2.52. The number of anilines is 2. The summed E-state index contributed by atoms with van der Waals surface area (Å²) in [6, 6.07) is 10.4. The molecule has 13 nitrogen and oxygen atoms in total. The minimum Gasteiger partial charge on any atom is -0.450 e. The van der Waals surface area contributed by atoms with Gasteiger partial charge in [-0.15, -0.1) is 22.6 Å². The molecule has 1 aromatic carbocycles. The van der Waals surface area contributed by atoms with Gasteiger partial charge in [-0.25, -0.2) is 9.78 Å². The maximum atomic E-state index is 13.5. The summed E-state index contributed by atoms with van der Waals surface area (Å²) < 4.78 is 85.6. The summed E-state index contributed by atoms with van der Waals surface area (Å²) in [5, 5.41) is 15.0. The van der Waals surface area contributed by atoms with E-state index in [1.807, 2.05) is 4.90 Å². The summed E-state index contributed by atoms with van der Waals surface area (Å²) in [5.74, 6) is 2.63. The Bertz CT molecular complexity index is 2070. The van der Waals surface area contributed by atoms with Crippen LogP contribution in [0.5, 0.6) is 0 Å². The number of halogens is 6. The van der Waals surface area contributed by atoms with E-state index in [2.05, 4.69) is 52.0 Å². The fourth-order valence-electron chi connectivity index (χ4n) is 6.10. The van der Waals surface area contributed by atoms with Crippen molar-refractivity contribution in [3.8, 4) is 12.3 Å². The van der Waals surface area contributed by atoms with E-state index in [9.17, 15) is 35.9 Å². The number of piperidine rings is 1. The van der Waals surface area contributed by atoms with Gasteiger partial charge in [0.15, 0.2) is 5.65 Å². The van der Waals surface area contributed by atoms with Crippen LogP contribution in [-0.4, -0.2) is 63.9 Å². The highest BCUT2D eigenvalue weighted by Gasteiger charge is 2.65. The molecule has 3 aromatic heterocycles. The molecule has 1 saturated heterocycles. The number of carbonyl (C=O) groups excluding carboxylic acids is 2. The first-order valence-electron chi connectivity index (χ1n) is 17.1. The average molecular weight is 769 g/mol. The second-order valence-electron chi connectivity index (χ2n) is 12.9. The SMILES string of the molecule is C#CCC(NC(=O)OCCC1CCN(c2nc(NCc3cccnc3C(F)(F)F)c3cccnc3n2)CC1)C(=O)NCc1ccc(C2(C(F)(F)F)N=N2)cc1. The fourth-order valence-corrected chi connectivity index (χ4v) is 6.10. The van der Waals surface area contributed by atoms with Crippen molar-refractivity contribution in [3.05, 3.63) is 83.3 Å². The number of amides is 2. The van der Waals surface area contributed by atoms with Gasteiger partial charge >= 0.3 is 24.1 Å². The normalized spacial score (nSPS) is 15.9. The van der Waals surface area contributed by atoms with Crippen LogP contribution in [0.15, 0.2) is 71.2 Å². The van der Waals surface area contributed by atoms with Gasteiger partial charge in [0.1, 0.15) is 17.6 Å². The molecule has 2 amide bonds. The van der Waals surface area contributed by atoms with Crippen LogP contribution in [0.25, 0.3) is 11.0 Å². The van der Waals surface area contributed by atoms with Crippen LogP contribution in [0.4, 0.5) is 42.9 Å². The number of fused-ring (bicyclic) bond motifs is 1. The Kier molecular flexibility index (Phi) is 11.3. The van der Waals surface area contributed by atoms with Crippen LogP contribution in [0.1, 0.15) is 48.1 Å².